The maximum atomic E-state index is 11.6. The summed E-state index contributed by atoms with van der Waals surface area (Å²) in [4.78, 5) is 15.6. The highest BCUT2D eigenvalue weighted by Gasteiger charge is 2.08. The van der Waals surface area contributed by atoms with Crippen LogP contribution in [0.15, 0.2) is 28.7 Å². The average Bonchev–Trinajstić information content (AvgIpc) is 2.67. The highest BCUT2D eigenvalue weighted by Crippen LogP contribution is 2.12. The molecule has 0 radical (unpaired) electrons. The van der Waals surface area contributed by atoms with E-state index in [9.17, 15) is 4.79 Å². The lowest BCUT2D eigenvalue weighted by Crippen LogP contribution is -2.28. The Balaban J connectivity index is 1.86. The molecule has 100 valence electrons. The number of benzene rings is 1. The lowest BCUT2D eigenvalue weighted by atomic mass is 10.2. The van der Waals surface area contributed by atoms with Crippen molar-refractivity contribution in [2.75, 3.05) is 5.32 Å². The van der Waals surface area contributed by atoms with E-state index in [1.54, 1.807) is 38.1 Å². The normalized spacial score (nSPS) is 10.2. The maximum Gasteiger partial charge on any atom is 0.323 e. The summed E-state index contributed by atoms with van der Waals surface area (Å²) >= 11 is 0. The molecule has 2 rings (SSSR count). The van der Waals surface area contributed by atoms with Crippen LogP contribution in [0.5, 0.6) is 5.75 Å². The molecule has 2 amide bonds. The Labute approximate surface area is 110 Å². The zero-order valence-electron chi connectivity index (χ0n) is 10.7. The summed E-state index contributed by atoms with van der Waals surface area (Å²) in [5.74, 6) is 0.868. The molecule has 2 aromatic rings. The van der Waals surface area contributed by atoms with Gasteiger partial charge in [-0.15, -0.1) is 0 Å². The van der Waals surface area contributed by atoms with Crippen LogP contribution in [0.4, 0.5) is 10.8 Å². The Hall–Kier alpha value is -2.50. The van der Waals surface area contributed by atoms with E-state index in [2.05, 4.69) is 15.6 Å². The number of nitrogens with one attached hydrogen (secondary N) is 2. The van der Waals surface area contributed by atoms with E-state index < -0.39 is 6.03 Å². The molecule has 0 saturated carbocycles. The van der Waals surface area contributed by atoms with Crippen LogP contribution in [-0.4, -0.2) is 16.1 Å². The standard InChI is InChI=1S/C13H15N3O3/c1-8-9(2)19-13(15-8)16-12(18)14-7-10-3-5-11(17)6-4-10/h3-6,17H,7H2,1-2H3,(H2,14,15,16,18). The van der Waals surface area contributed by atoms with Crippen molar-refractivity contribution in [2.24, 2.45) is 0 Å². The number of carbonyl (C=O) groups excluding carboxylic acids is 1. The van der Waals surface area contributed by atoms with Crippen LogP contribution in [0, 0.1) is 13.8 Å². The van der Waals surface area contributed by atoms with Gasteiger partial charge in [0.05, 0.1) is 5.69 Å². The third kappa shape index (κ3) is 3.48. The van der Waals surface area contributed by atoms with Crippen molar-refractivity contribution in [2.45, 2.75) is 20.4 Å². The second-order valence-corrected chi connectivity index (χ2v) is 4.13. The molecule has 6 heteroatoms. The molecule has 3 N–H and O–H groups in total. The fourth-order valence-corrected chi connectivity index (χ4v) is 1.46. The molecule has 0 saturated heterocycles. The van der Waals surface area contributed by atoms with E-state index in [-0.39, 0.29) is 11.8 Å². The number of aromatic nitrogens is 1. The van der Waals surface area contributed by atoms with Crippen molar-refractivity contribution in [1.29, 1.82) is 0 Å². The molecule has 1 heterocycles. The number of aryl methyl sites for hydroxylation is 2. The Morgan fingerprint density at radius 1 is 1.32 bits per heavy atom. The summed E-state index contributed by atoms with van der Waals surface area (Å²) in [6.07, 6.45) is 0. The van der Waals surface area contributed by atoms with Crippen LogP contribution < -0.4 is 10.6 Å². The fourth-order valence-electron chi connectivity index (χ4n) is 1.46. The van der Waals surface area contributed by atoms with Gasteiger partial charge in [-0.2, -0.15) is 4.98 Å². The molecule has 0 aliphatic heterocycles. The summed E-state index contributed by atoms with van der Waals surface area (Å²) in [6.45, 7) is 3.94. The quantitative estimate of drug-likeness (QED) is 0.791. The maximum absolute atomic E-state index is 11.6. The van der Waals surface area contributed by atoms with E-state index in [1.165, 1.54) is 0 Å². The first kappa shape index (κ1) is 12.9. The topological polar surface area (TPSA) is 87.4 Å². The molecule has 0 fully saturated rings. The van der Waals surface area contributed by atoms with Gasteiger partial charge in [0.1, 0.15) is 11.5 Å². The van der Waals surface area contributed by atoms with Crippen molar-refractivity contribution in [3.8, 4) is 5.75 Å². The van der Waals surface area contributed by atoms with Gasteiger partial charge in [-0.25, -0.2) is 4.79 Å². The number of hydrogen-bond acceptors (Lipinski definition) is 4. The number of urea groups is 1. The lowest BCUT2D eigenvalue weighted by Gasteiger charge is -2.05. The van der Waals surface area contributed by atoms with Gasteiger partial charge in [0.25, 0.3) is 0 Å². The van der Waals surface area contributed by atoms with Gasteiger partial charge in [0.15, 0.2) is 0 Å². The number of carbonyl (C=O) groups is 1. The summed E-state index contributed by atoms with van der Waals surface area (Å²) in [6, 6.07) is 6.38. The molecule has 6 nitrogen and oxygen atoms in total. The first-order valence-corrected chi connectivity index (χ1v) is 5.81. The fraction of sp³-hybridized carbons (Fsp3) is 0.231. The van der Waals surface area contributed by atoms with E-state index >= 15 is 0 Å². The largest absolute Gasteiger partial charge is 0.508 e. The minimum absolute atomic E-state index is 0.179. The third-order valence-corrected chi connectivity index (χ3v) is 2.64. The second-order valence-electron chi connectivity index (χ2n) is 4.13. The second kappa shape index (κ2) is 5.43. The molecule has 0 aliphatic rings. The zero-order chi connectivity index (χ0) is 13.8. The monoisotopic (exact) mass is 261 g/mol. The molecule has 0 spiro atoms. The smallest absolute Gasteiger partial charge is 0.323 e. The minimum Gasteiger partial charge on any atom is -0.508 e. The molecule has 1 aromatic carbocycles. The summed E-state index contributed by atoms with van der Waals surface area (Å²) < 4.78 is 5.24. The van der Waals surface area contributed by atoms with E-state index in [0.717, 1.165) is 11.3 Å². The molecule has 19 heavy (non-hydrogen) atoms. The Kier molecular flexibility index (Phi) is 3.70. The van der Waals surface area contributed by atoms with Crippen molar-refractivity contribution < 1.29 is 14.3 Å². The number of aromatic hydroxyl groups is 1. The van der Waals surface area contributed by atoms with E-state index in [1.807, 2.05) is 0 Å². The summed E-state index contributed by atoms with van der Waals surface area (Å²) in [5, 5.41) is 14.3. The number of anilines is 1. The van der Waals surface area contributed by atoms with Crippen molar-refractivity contribution in [3.05, 3.63) is 41.3 Å². The first-order valence-electron chi connectivity index (χ1n) is 5.81. The molecular weight excluding hydrogens is 246 g/mol. The number of nitrogens with zero attached hydrogens (tertiary/aromatic N) is 1. The SMILES string of the molecule is Cc1nc(NC(=O)NCc2ccc(O)cc2)oc1C. The van der Waals surface area contributed by atoms with Gasteiger partial charge in [-0.3, -0.25) is 5.32 Å². The summed E-state index contributed by atoms with van der Waals surface area (Å²) in [5.41, 5.74) is 1.63. The van der Waals surface area contributed by atoms with Crippen LogP contribution in [-0.2, 0) is 6.54 Å². The van der Waals surface area contributed by atoms with Crippen LogP contribution >= 0.6 is 0 Å². The number of hydrogen-bond donors (Lipinski definition) is 3. The molecular formula is C13H15N3O3. The number of oxazole rings is 1. The van der Waals surface area contributed by atoms with Crippen molar-refractivity contribution >= 4 is 12.0 Å². The van der Waals surface area contributed by atoms with Gasteiger partial charge in [-0.05, 0) is 31.5 Å². The molecule has 0 bridgehead atoms. The minimum atomic E-state index is -0.394. The van der Waals surface area contributed by atoms with Gasteiger partial charge in [0, 0.05) is 6.54 Å². The Bertz CT molecular complexity index is 556. The van der Waals surface area contributed by atoms with Gasteiger partial charge in [-0.1, -0.05) is 12.1 Å². The van der Waals surface area contributed by atoms with Crippen LogP contribution in [0.1, 0.15) is 17.0 Å². The predicted octanol–water partition coefficient (Wildman–Crippen LogP) is 2.32. The number of amides is 2. The summed E-state index contributed by atoms with van der Waals surface area (Å²) in [7, 11) is 0. The molecule has 1 aromatic heterocycles. The van der Waals surface area contributed by atoms with Gasteiger partial charge in [0.2, 0.25) is 0 Å². The van der Waals surface area contributed by atoms with Crippen LogP contribution in [0.2, 0.25) is 0 Å². The highest BCUT2D eigenvalue weighted by molar-refractivity contribution is 5.86. The number of phenolic OH excluding ortho intramolecular Hbond substituents is 1. The Morgan fingerprint density at radius 2 is 2.00 bits per heavy atom. The number of phenols is 1. The van der Waals surface area contributed by atoms with Crippen LogP contribution in [0.25, 0.3) is 0 Å². The average molecular weight is 261 g/mol. The molecule has 0 unspecified atom stereocenters. The van der Waals surface area contributed by atoms with E-state index in [4.69, 9.17) is 9.52 Å². The number of rotatable bonds is 3. The molecule has 0 atom stereocenters. The lowest BCUT2D eigenvalue weighted by molar-refractivity contribution is 0.251. The van der Waals surface area contributed by atoms with Gasteiger partial charge >= 0.3 is 12.0 Å². The van der Waals surface area contributed by atoms with Crippen molar-refractivity contribution in [1.82, 2.24) is 10.3 Å². The van der Waals surface area contributed by atoms with E-state index in [0.29, 0.717) is 12.3 Å². The van der Waals surface area contributed by atoms with Crippen molar-refractivity contribution in [3.63, 3.8) is 0 Å². The predicted molar refractivity (Wildman–Crippen MR) is 69.9 cm³/mol. The first-order chi connectivity index (χ1) is 9.04. The highest BCUT2D eigenvalue weighted by atomic mass is 16.4. The zero-order valence-corrected chi connectivity index (χ0v) is 10.7. The van der Waals surface area contributed by atoms with Gasteiger partial charge < -0.3 is 14.8 Å². The third-order valence-electron chi connectivity index (χ3n) is 2.64. The molecule has 0 aliphatic carbocycles. The Morgan fingerprint density at radius 3 is 2.58 bits per heavy atom. The van der Waals surface area contributed by atoms with Crippen LogP contribution in [0.3, 0.4) is 0 Å².